The van der Waals surface area contributed by atoms with Crippen molar-refractivity contribution in [2.24, 2.45) is 5.92 Å². The standard InChI is InChI=1S/C27H38N8O/c1-20-24-21(2)35(23-10-5-4-6-11-23)31-25(24)26(30-29-20)34-14-7-9-22(19-34)27(36)28-12-8-13-33-17-15-32(3)16-18-33/h4-6,10-11,22H,7-9,12-19H2,1-3H3,(H,28,36)/t22-/m1/s1. The number of piperidine rings is 1. The number of hydrogen-bond donors (Lipinski definition) is 1. The van der Waals surface area contributed by atoms with Crippen molar-refractivity contribution in [3.63, 3.8) is 0 Å². The molecular formula is C27H38N8O. The molecule has 2 aliphatic rings. The van der Waals surface area contributed by atoms with E-state index in [-0.39, 0.29) is 11.8 Å². The van der Waals surface area contributed by atoms with Crippen molar-refractivity contribution in [3.8, 4) is 5.69 Å². The lowest BCUT2D eigenvalue weighted by Crippen LogP contribution is -2.46. The minimum absolute atomic E-state index is 0.0437. The molecule has 1 amide bonds. The smallest absolute Gasteiger partial charge is 0.224 e. The van der Waals surface area contributed by atoms with Crippen LogP contribution < -0.4 is 10.2 Å². The van der Waals surface area contributed by atoms with Gasteiger partial charge in [0.1, 0.15) is 5.52 Å². The maximum absolute atomic E-state index is 13.0. The van der Waals surface area contributed by atoms with Crippen molar-refractivity contribution in [1.82, 2.24) is 35.1 Å². The van der Waals surface area contributed by atoms with Crippen LogP contribution in [0.3, 0.4) is 0 Å². The second-order valence-electron chi connectivity index (χ2n) is 10.2. The van der Waals surface area contributed by atoms with Crippen molar-refractivity contribution < 1.29 is 4.79 Å². The number of para-hydroxylation sites is 1. The monoisotopic (exact) mass is 490 g/mol. The highest BCUT2D eigenvalue weighted by Crippen LogP contribution is 2.31. The Morgan fingerprint density at radius 2 is 1.83 bits per heavy atom. The molecule has 2 fully saturated rings. The summed E-state index contributed by atoms with van der Waals surface area (Å²) < 4.78 is 1.97. The van der Waals surface area contributed by atoms with Gasteiger partial charge in [-0.3, -0.25) is 4.79 Å². The van der Waals surface area contributed by atoms with Crippen LogP contribution in [0.2, 0.25) is 0 Å². The van der Waals surface area contributed by atoms with Crippen LogP contribution in [-0.4, -0.2) is 95.1 Å². The molecule has 36 heavy (non-hydrogen) atoms. The van der Waals surface area contributed by atoms with Crippen LogP contribution in [0.15, 0.2) is 30.3 Å². The summed E-state index contributed by atoms with van der Waals surface area (Å²) in [5.74, 6) is 0.888. The summed E-state index contributed by atoms with van der Waals surface area (Å²) in [6, 6.07) is 10.2. The molecule has 3 aromatic rings. The summed E-state index contributed by atoms with van der Waals surface area (Å²) in [7, 11) is 2.17. The van der Waals surface area contributed by atoms with Crippen molar-refractivity contribution >= 4 is 22.6 Å². The third-order valence-corrected chi connectivity index (χ3v) is 7.62. The fraction of sp³-hybridized carbons (Fsp3) is 0.556. The van der Waals surface area contributed by atoms with Gasteiger partial charge < -0.3 is 20.0 Å². The van der Waals surface area contributed by atoms with E-state index >= 15 is 0 Å². The Labute approximate surface area is 213 Å². The summed E-state index contributed by atoms with van der Waals surface area (Å²) in [6.45, 7) is 11.8. The molecule has 2 aliphatic heterocycles. The number of amides is 1. The Hall–Kier alpha value is -3.04. The number of benzene rings is 1. The molecule has 2 saturated heterocycles. The molecule has 192 valence electrons. The lowest BCUT2D eigenvalue weighted by Gasteiger charge is -2.33. The minimum atomic E-state index is -0.0437. The Balaban J connectivity index is 1.25. The van der Waals surface area contributed by atoms with E-state index in [4.69, 9.17) is 5.10 Å². The Morgan fingerprint density at radius 1 is 1.06 bits per heavy atom. The number of anilines is 1. The predicted octanol–water partition coefficient (Wildman–Crippen LogP) is 2.40. The van der Waals surface area contributed by atoms with E-state index in [1.54, 1.807) is 0 Å². The molecule has 0 aliphatic carbocycles. The number of rotatable bonds is 7. The second-order valence-corrected chi connectivity index (χ2v) is 10.2. The second kappa shape index (κ2) is 10.9. The van der Waals surface area contributed by atoms with E-state index < -0.39 is 0 Å². The van der Waals surface area contributed by atoms with Crippen LogP contribution in [0.25, 0.3) is 16.6 Å². The zero-order chi connectivity index (χ0) is 25.1. The quantitative estimate of drug-likeness (QED) is 0.509. The average molecular weight is 491 g/mol. The predicted molar refractivity (Wildman–Crippen MR) is 143 cm³/mol. The Morgan fingerprint density at radius 3 is 2.61 bits per heavy atom. The number of carbonyl (C=O) groups excluding carboxylic acids is 1. The summed E-state index contributed by atoms with van der Waals surface area (Å²) in [5, 5.41) is 18.2. The number of fused-ring (bicyclic) bond motifs is 1. The summed E-state index contributed by atoms with van der Waals surface area (Å²) in [6.07, 6.45) is 2.85. The topological polar surface area (TPSA) is 82.4 Å². The van der Waals surface area contributed by atoms with Gasteiger partial charge in [0.15, 0.2) is 5.82 Å². The highest BCUT2D eigenvalue weighted by Gasteiger charge is 2.29. The van der Waals surface area contributed by atoms with Crippen molar-refractivity contribution in [2.45, 2.75) is 33.1 Å². The van der Waals surface area contributed by atoms with Gasteiger partial charge in [0.05, 0.1) is 28.4 Å². The lowest BCUT2D eigenvalue weighted by atomic mass is 9.97. The van der Waals surface area contributed by atoms with Gasteiger partial charge in [0.2, 0.25) is 5.91 Å². The minimum Gasteiger partial charge on any atom is -0.356 e. The van der Waals surface area contributed by atoms with Gasteiger partial charge >= 0.3 is 0 Å². The zero-order valence-electron chi connectivity index (χ0n) is 21.8. The van der Waals surface area contributed by atoms with E-state index in [1.165, 1.54) is 0 Å². The summed E-state index contributed by atoms with van der Waals surface area (Å²) >= 11 is 0. The fourth-order valence-corrected chi connectivity index (χ4v) is 5.46. The molecule has 0 radical (unpaired) electrons. The molecule has 2 aromatic heterocycles. The Bertz CT molecular complexity index is 1190. The van der Waals surface area contributed by atoms with Crippen LogP contribution in [0, 0.1) is 19.8 Å². The zero-order valence-corrected chi connectivity index (χ0v) is 21.8. The maximum atomic E-state index is 13.0. The van der Waals surface area contributed by atoms with E-state index in [0.717, 1.165) is 98.9 Å². The normalized spacial score (nSPS) is 19.6. The molecule has 0 unspecified atom stereocenters. The maximum Gasteiger partial charge on any atom is 0.224 e. The van der Waals surface area contributed by atoms with Gasteiger partial charge in [-0.05, 0) is 58.8 Å². The highest BCUT2D eigenvalue weighted by atomic mass is 16.1. The number of carbonyl (C=O) groups is 1. The first-order valence-corrected chi connectivity index (χ1v) is 13.2. The van der Waals surface area contributed by atoms with Gasteiger partial charge in [0.25, 0.3) is 0 Å². The molecule has 4 heterocycles. The first-order chi connectivity index (χ1) is 17.5. The van der Waals surface area contributed by atoms with Crippen LogP contribution >= 0.6 is 0 Å². The lowest BCUT2D eigenvalue weighted by molar-refractivity contribution is -0.125. The van der Waals surface area contributed by atoms with Gasteiger partial charge in [-0.2, -0.15) is 10.2 Å². The van der Waals surface area contributed by atoms with Crippen molar-refractivity contribution in [1.29, 1.82) is 0 Å². The molecule has 1 aromatic carbocycles. The van der Waals surface area contributed by atoms with Crippen molar-refractivity contribution in [3.05, 3.63) is 41.7 Å². The number of likely N-dealkylation sites (N-methyl/N-ethyl adjacent to an activating group) is 1. The van der Waals surface area contributed by atoms with Crippen LogP contribution in [0.5, 0.6) is 0 Å². The number of aryl methyl sites for hydroxylation is 2. The first kappa shape index (κ1) is 24.6. The third-order valence-electron chi connectivity index (χ3n) is 7.62. The summed E-state index contributed by atoms with van der Waals surface area (Å²) in [4.78, 5) is 20.1. The number of nitrogens with one attached hydrogen (secondary N) is 1. The molecule has 0 bridgehead atoms. The van der Waals surface area contributed by atoms with Crippen LogP contribution in [0.1, 0.15) is 30.7 Å². The Kier molecular flexibility index (Phi) is 7.48. The first-order valence-electron chi connectivity index (χ1n) is 13.2. The van der Waals surface area contributed by atoms with Crippen LogP contribution in [-0.2, 0) is 4.79 Å². The summed E-state index contributed by atoms with van der Waals surface area (Å²) in [5.41, 5.74) is 3.80. The molecule has 1 atom stereocenters. The van der Waals surface area contributed by atoms with E-state index in [0.29, 0.717) is 6.54 Å². The van der Waals surface area contributed by atoms with Crippen molar-refractivity contribution in [2.75, 3.05) is 64.3 Å². The number of nitrogens with zero attached hydrogens (tertiary/aromatic N) is 7. The average Bonchev–Trinajstić information content (AvgIpc) is 3.26. The fourth-order valence-electron chi connectivity index (χ4n) is 5.46. The molecule has 0 spiro atoms. The van der Waals surface area contributed by atoms with E-state index in [2.05, 4.69) is 56.3 Å². The molecule has 9 heteroatoms. The number of piperazine rings is 1. The highest BCUT2D eigenvalue weighted by molar-refractivity contribution is 5.92. The number of aromatic nitrogens is 4. The number of hydrogen-bond acceptors (Lipinski definition) is 7. The van der Waals surface area contributed by atoms with Gasteiger partial charge in [0, 0.05) is 45.8 Å². The molecule has 0 saturated carbocycles. The van der Waals surface area contributed by atoms with E-state index in [1.807, 2.05) is 29.8 Å². The van der Waals surface area contributed by atoms with Gasteiger partial charge in [-0.15, -0.1) is 5.10 Å². The molecular weight excluding hydrogens is 452 g/mol. The van der Waals surface area contributed by atoms with Gasteiger partial charge in [-0.25, -0.2) is 4.68 Å². The third kappa shape index (κ3) is 5.22. The molecule has 1 N–H and O–H groups in total. The SMILES string of the molecule is Cc1nnc(N2CCC[C@@H](C(=O)NCCCN3CCN(C)CC3)C2)c2nn(-c3ccccc3)c(C)c12. The van der Waals surface area contributed by atoms with Gasteiger partial charge in [-0.1, -0.05) is 18.2 Å². The molecule has 5 rings (SSSR count). The largest absolute Gasteiger partial charge is 0.356 e. The van der Waals surface area contributed by atoms with E-state index in [9.17, 15) is 4.79 Å². The van der Waals surface area contributed by atoms with Crippen LogP contribution in [0.4, 0.5) is 5.82 Å². The molecule has 9 nitrogen and oxygen atoms in total.